The van der Waals surface area contributed by atoms with Gasteiger partial charge in [0.15, 0.2) is 12.5 Å². The van der Waals surface area contributed by atoms with Gasteiger partial charge in [-0.3, -0.25) is 9.69 Å². The highest BCUT2D eigenvalue weighted by molar-refractivity contribution is 7.99. The molecule has 3 atom stereocenters. The lowest BCUT2D eigenvalue weighted by Crippen LogP contribution is -2.46. The van der Waals surface area contributed by atoms with Crippen molar-refractivity contribution in [1.82, 2.24) is 9.80 Å². The minimum absolute atomic E-state index is 0.0461. The molecule has 30 heavy (non-hydrogen) atoms. The van der Waals surface area contributed by atoms with Gasteiger partial charge in [0, 0.05) is 24.8 Å². The van der Waals surface area contributed by atoms with Gasteiger partial charge in [0.25, 0.3) is 0 Å². The lowest BCUT2D eigenvalue weighted by molar-refractivity contribution is -0.135. The Morgan fingerprint density at radius 2 is 1.80 bits per heavy atom. The second-order valence-corrected chi connectivity index (χ2v) is 9.57. The molecular weight excluding hydrogens is 396 g/mol. The second kappa shape index (κ2) is 7.68. The quantitative estimate of drug-likeness (QED) is 0.690. The van der Waals surface area contributed by atoms with Crippen molar-refractivity contribution < 1.29 is 14.3 Å². The molecule has 0 saturated carbocycles. The molecule has 4 aliphatic rings. The van der Waals surface area contributed by atoms with Crippen LogP contribution in [0.2, 0.25) is 0 Å². The van der Waals surface area contributed by atoms with Crippen LogP contribution in [0.15, 0.2) is 48.5 Å². The van der Waals surface area contributed by atoms with E-state index in [1.54, 1.807) is 0 Å². The molecule has 6 rings (SSSR count). The summed E-state index contributed by atoms with van der Waals surface area (Å²) in [5, 5.41) is 0. The van der Waals surface area contributed by atoms with Crippen molar-refractivity contribution in [1.29, 1.82) is 0 Å². The number of ether oxygens (including phenoxy) is 2. The van der Waals surface area contributed by atoms with E-state index < -0.39 is 0 Å². The van der Waals surface area contributed by atoms with Crippen LogP contribution in [0.5, 0.6) is 0 Å². The smallest absolute Gasteiger partial charge is 0.240 e. The Kier molecular flexibility index (Phi) is 4.83. The first-order chi connectivity index (χ1) is 14.8. The average molecular weight is 423 g/mol. The van der Waals surface area contributed by atoms with E-state index >= 15 is 0 Å². The predicted octanol–water partition coefficient (Wildman–Crippen LogP) is 3.50. The van der Waals surface area contributed by atoms with Crippen molar-refractivity contribution in [3.05, 3.63) is 59.7 Å². The van der Waals surface area contributed by atoms with Crippen LogP contribution in [0.1, 0.15) is 29.9 Å². The minimum Gasteiger partial charge on any atom is -0.348 e. The number of amides is 1. The molecule has 2 aromatic rings. The summed E-state index contributed by atoms with van der Waals surface area (Å²) in [6.45, 7) is 2.39. The van der Waals surface area contributed by atoms with Crippen molar-refractivity contribution in [3.8, 4) is 11.1 Å². The van der Waals surface area contributed by atoms with Gasteiger partial charge in [-0.15, -0.1) is 11.8 Å². The zero-order valence-electron chi connectivity index (χ0n) is 16.9. The summed E-state index contributed by atoms with van der Waals surface area (Å²) in [5.41, 5.74) is 5.28. The Bertz CT molecular complexity index is 915. The summed E-state index contributed by atoms with van der Waals surface area (Å²) in [6, 6.07) is 17.2. The van der Waals surface area contributed by atoms with Crippen LogP contribution in [0, 0.1) is 0 Å². The van der Waals surface area contributed by atoms with E-state index in [4.69, 9.17) is 9.47 Å². The van der Waals surface area contributed by atoms with E-state index in [0.717, 1.165) is 37.6 Å². The van der Waals surface area contributed by atoms with Crippen LogP contribution in [0.3, 0.4) is 0 Å². The molecule has 3 saturated heterocycles. The molecule has 3 fully saturated rings. The van der Waals surface area contributed by atoms with Crippen molar-refractivity contribution >= 4 is 17.7 Å². The monoisotopic (exact) mass is 422 g/mol. The number of rotatable bonds is 5. The number of carbonyl (C=O) groups excluding carboxylic acids is 1. The summed E-state index contributed by atoms with van der Waals surface area (Å²) < 4.78 is 12.1. The zero-order chi connectivity index (χ0) is 20.1. The number of likely N-dealkylation sites (tertiary alicyclic amines) is 1. The molecule has 0 aromatic heterocycles. The second-order valence-electron chi connectivity index (χ2n) is 8.49. The number of thioether (sulfide) groups is 1. The van der Waals surface area contributed by atoms with E-state index in [-0.39, 0.29) is 30.4 Å². The lowest BCUT2D eigenvalue weighted by Gasteiger charge is -2.26. The minimum atomic E-state index is -0.230. The van der Waals surface area contributed by atoms with Gasteiger partial charge >= 0.3 is 0 Å². The number of carbonyl (C=O) groups is 1. The standard InChI is InChI=1S/C24H26N2O3S/c27-22(25-12-13-30-15-25)21-10-5-11-26(21)23-24(29-23)28-14-20-18-8-3-1-6-16(18)17-7-2-4-9-19(17)20/h1-4,6-9,20-21,23-24H,5,10-15H2. The molecule has 3 aliphatic heterocycles. The number of fused-ring (bicyclic) bond motifs is 3. The number of hydrogen-bond donors (Lipinski definition) is 0. The van der Waals surface area contributed by atoms with E-state index in [0.29, 0.717) is 6.61 Å². The fraction of sp³-hybridized carbons (Fsp3) is 0.458. The van der Waals surface area contributed by atoms with Crippen LogP contribution in [-0.2, 0) is 14.3 Å². The molecule has 2 aromatic carbocycles. The van der Waals surface area contributed by atoms with Gasteiger partial charge in [0.1, 0.15) is 0 Å². The summed E-state index contributed by atoms with van der Waals surface area (Å²) in [5.74, 6) is 2.38. The van der Waals surface area contributed by atoms with Crippen molar-refractivity contribution in [3.63, 3.8) is 0 Å². The summed E-state index contributed by atoms with van der Waals surface area (Å²) >= 11 is 1.84. The van der Waals surface area contributed by atoms with E-state index in [1.807, 2.05) is 16.7 Å². The molecule has 6 heteroatoms. The molecule has 3 heterocycles. The topological polar surface area (TPSA) is 45.3 Å². The fourth-order valence-corrected chi connectivity index (χ4v) is 6.19. The molecule has 156 valence electrons. The van der Waals surface area contributed by atoms with Crippen LogP contribution >= 0.6 is 11.8 Å². The van der Waals surface area contributed by atoms with Gasteiger partial charge in [0.2, 0.25) is 5.91 Å². The third-order valence-electron chi connectivity index (χ3n) is 6.79. The molecule has 1 amide bonds. The first-order valence-corrected chi connectivity index (χ1v) is 12.0. The molecule has 0 bridgehead atoms. The Hall–Kier alpha value is -1.86. The molecular formula is C24H26N2O3S. The predicted molar refractivity (Wildman–Crippen MR) is 117 cm³/mol. The largest absolute Gasteiger partial charge is 0.348 e. The number of epoxide rings is 1. The third kappa shape index (κ3) is 3.17. The molecule has 5 nitrogen and oxygen atoms in total. The Balaban J connectivity index is 1.12. The van der Waals surface area contributed by atoms with E-state index in [9.17, 15) is 4.79 Å². The summed E-state index contributed by atoms with van der Waals surface area (Å²) in [4.78, 5) is 17.1. The summed E-state index contributed by atoms with van der Waals surface area (Å²) in [6.07, 6.45) is 1.67. The average Bonchev–Trinajstić information content (AvgIpc) is 3.20. The maximum absolute atomic E-state index is 12.9. The molecule has 0 radical (unpaired) electrons. The van der Waals surface area contributed by atoms with Crippen LogP contribution in [0.4, 0.5) is 0 Å². The molecule has 0 spiro atoms. The van der Waals surface area contributed by atoms with Gasteiger partial charge in [-0.2, -0.15) is 0 Å². The highest BCUT2D eigenvalue weighted by atomic mass is 32.2. The maximum atomic E-state index is 12.9. The molecule has 3 unspecified atom stereocenters. The highest BCUT2D eigenvalue weighted by Gasteiger charge is 2.51. The molecule has 1 aliphatic carbocycles. The van der Waals surface area contributed by atoms with E-state index in [2.05, 4.69) is 53.4 Å². The van der Waals surface area contributed by atoms with Crippen LogP contribution in [0.25, 0.3) is 11.1 Å². The van der Waals surface area contributed by atoms with Crippen molar-refractivity contribution in [2.75, 3.05) is 31.3 Å². The van der Waals surface area contributed by atoms with Gasteiger partial charge in [-0.25, -0.2) is 0 Å². The van der Waals surface area contributed by atoms with Gasteiger partial charge < -0.3 is 14.4 Å². The Morgan fingerprint density at radius 3 is 2.50 bits per heavy atom. The number of hydrogen-bond acceptors (Lipinski definition) is 5. The van der Waals surface area contributed by atoms with Crippen molar-refractivity contribution in [2.24, 2.45) is 0 Å². The Labute approximate surface area is 181 Å². The third-order valence-corrected chi connectivity index (χ3v) is 7.76. The first-order valence-electron chi connectivity index (χ1n) is 10.9. The SMILES string of the molecule is O=C(C1CCCN1C1OC1OCC1c2ccccc2-c2ccccc21)N1CCSC1. The van der Waals surface area contributed by atoms with Crippen LogP contribution < -0.4 is 0 Å². The van der Waals surface area contributed by atoms with Gasteiger partial charge in [0.05, 0.1) is 18.5 Å². The van der Waals surface area contributed by atoms with Crippen molar-refractivity contribution in [2.45, 2.75) is 37.3 Å². The first kappa shape index (κ1) is 18.9. The summed E-state index contributed by atoms with van der Waals surface area (Å²) in [7, 11) is 0. The van der Waals surface area contributed by atoms with Crippen LogP contribution in [-0.4, -0.2) is 65.6 Å². The lowest BCUT2D eigenvalue weighted by atomic mass is 9.98. The van der Waals surface area contributed by atoms with E-state index in [1.165, 1.54) is 22.3 Å². The number of nitrogens with zero attached hydrogens (tertiary/aromatic N) is 2. The maximum Gasteiger partial charge on any atom is 0.240 e. The number of benzene rings is 2. The fourth-order valence-electron chi connectivity index (χ4n) is 5.24. The van der Waals surface area contributed by atoms with Gasteiger partial charge in [-0.05, 0) is 35.1 Å². The normalized spacial score (nSPS) is 28.0. The highest BCUT2D eigenvalue weighted by Crippen LogP contribution is 2.45. The zero-order valence-corrected chi connectivity index (χ0v) is 17.7. The van der Waals surface area contributed by atoms with Gasteiger partial charge in [-0.1, -0.05) is 48.5 Å². The Morgan fingerprint density at radius 1 is 1.07 bits per heavy atom. The molecule has 0 N–H and O–H groups in total.